The van der Waals surface area contributed by atoms with Crippen LogP contribution in [0.5, 0.6) is 0 Å². The monoisotopic (exact) mass is 467 g/mol. The first-order chi connectivity index (χ1) is 15.9. The molecule has 1 aliphatic heterocycles. The van der Waals surface area contributed by atoms with Gasteiger partial charge in [0, 0.05) is 51.7 Å². The third kappa shape index (κ3) is 4.08. The predicted octanol–water partition coefficient (Wildman–Crippen LogP) is 1.50. The summed E-state index contributed by atoms with van der Waals surface area (Å²) in [7, 11) is 10.5. The summed E-state index contributed by atoms with van der Waals surface area (Å²) in [5.41, 5.74) is 9.93. The van der Waals surface area contributed by atoms with Crippen molar-refractivity contribution in [2.45, 2.75) is 0 Å². The number of nitrogens with zero attached hydrogens (tertiary/aromatic N) is 3. The molecule has 0 radical (unpaired) electrons. The van der Waals surface area contributed by atoms with Crippen molar-refractivity contribution in [2.75, 3.05) is 45.0 Å². The van der Waals surface area contributed by atoms with E-state index in [1.807, 2.05) is 0 Å². The van der Waals surface area contributed by atoms with Crippen molar-refractivity contribution in [3.8, 4) is 11.1 Å². The molecule has 3 nitrogen and oxygen atoms in total. The number of halogens is 1. The van der Waals surface area contributed by atoms with E-state index in [4.69, 9.17) is 0 Å². The molecule has 0 aromatic heterocycles. The maximum Gasteiger partial charge on any atom is 0.213 e. The van der Waals surface area contributed by atoms with Crippen molar-refractivity contribution < 1.29 is 12.4 Å². The van der Waals surface area contributed by atoms with Gasteiger partial charge >= 0.3 is 0 Å². The van der Waals surface area contributed by atoms with Gasteiger partial charge in [-0.2, -0.15) is 4.58 Å². The minimum Gasteiger partial charge on any atom is -1.00 e. The lowest BCUT2D eigenvalue weighted by atomic mass is 9.93. The van der Waals surface area contributed by atoms with Crippen molar-refractivity contribution in [1.29, 1.82) is 0 Å². The molecular weight excluding hydrogens is 438 g/mol. The topological polar surface area (TPSA) is 9.49 Å². The highest BCUT2D eigenvalue weighted by atomic mass is 35.5. The lowest BCUT2D eigenvalue weighted by molar-refractivity contribution is -0.00000659. The smallest absolute Gasteiger partial charge is 0.213 e. The van der Waals surface area contributed by atoms with Gasteiger partial charge in [0.05, 0.1) is 11.1 Å². The summed E-state index contributed by atoms with van der Waals surface area (Å²) in [6.07, 6.45) is 0. The highest BCUT2D eigenvalue weighted by Gasteiger charge is 2.24. The third-order valence-electron chi connectivity index (χ3n) is 6.55. The van der Waals surface area contributed by atoms with Crippen molar-refractivity contribution in [1.82, 2.24) is 4.58 Å². The second kappa shape index (κ2) is 9.36. The van der Waals surface area contributed by atoms with Crippen molar-refractivity contribution in [2.24, 2.45) is 0 Å². The Kier molecular flexibility index (Phi) is 6.49. The van der Waals surface area contributed by atoms with Crippen LogP contribution in [0.25, 0.3) is 16.7 Å². The van der Waals surface area contributed by atoms with E-state index in [9.17, 15) is 0 Å². The average Bonchev–Trinajstić information content (AvgIpc) is 3.12. The molecule has 4 aromatic carbocycles. The van der Waals surface area contributed by atoms with Gasteiger partial charge in [0.25, 0.3) is 0 Å². The molecule has 0 amide bonds. The van der Waals surface area contributed by atoms with Crippen LogP contribution < -0.4 is 37.4 Å². The molecule has 0 N–H and O–H groups in total. The molecule has 34 heavy (non-hydrogen) atoms. The molecule has 0 spiro atoms. The third-order valence-corrected chi connectivity index (χ3v) is 6.55. The average molecular weight is 468 g/mol. The fourth-order valence-electron chi connectivity index (χ4n) is 4.68. The lowest BCUT2D eigenvalue weighted by Gasteiger charge is -2.16. The Morgan fingerprint density at radius 2 is 1.15 bits per heavy atom. The lowest BCUT2D eigenvalue weighted by Crippen LogP contribution is -3.00. The van der Waals surface area contributed by atoms with Crippen molar-refractivity contribution in [3.05, 3.63) is 113 Å². The van der Waals surface area contributed by atoms with Crippen LogP contribution in [0.15, 0.2) is 91.0 Å². The fourth-order valence-corrected chi connectivity index (χ4v) is 4.68. The molecule has 172 valence electrons. The molecule has 1 aliphatic rings. The van der Waals surface area contributed by atoms with Gasteiger partial charge in [-0.1, -0.05) is 36.4 Å². The van der Waals surface area contributed by atoms with Gasteiger partial charge in [0.2, 0.25) is 11.0 Å². The molecule has 4 aromatic rings. The summed E-state index contributed by atoms with van der Waals surface area (Å²) in [4.78, 5) is 4.27. The SMILES string of the molecule is CN(C)c1ccc(C(c2ccc(N(C)C)cc2)=c2ccc3c(c2)-c2ccccc2[N+]=3C)cc1.[Cl-]. The van der Waals surface area contributed by atoms with Crippen LogP contribution in [-0.2, 0) is 0 Å². The van der Waals surface area contributed by atoms with Gasteiger partial charge in [0.1, 0.15) is 7.05 Å². The van der Waals surface area contributed by atoms with Gasteiger partial charge in [-0.05, 0) is 64.4 Å². The van der Waals surface area contributed by atoms with E-state index in [-0.39, 0.29) is 12.4 Å². The van der Waals surface area contributed by atoms with Gasteiger partial charge in [-0.3, -0.25) is 0 Å². The van der Waals surface area contributed by atoms with Crippen LogP contribution in [0.3, 0.4) is 0 Å². The van der Waals surface area contributed by atoms with E-state index < -0.39 is 0 Å². The van der Waals surface area contributed by atoms with Gasteiger partial charge in [-0.25, -0.2) is 0 Å². The number of benzene rings is 4. The summed E-state index contributed by atoms with van der Waals surface area (Å²) in [5.74, 6) is 0. The molecule has 0 saturated carbocycles. The summed E-state index contributed by atoms with van der Waals surface area (Å²) < 4.78 is 2.28. The minimum absolute atomic E-state index is 0. The molecule has 0 atom stereocenters. The first-order valence-electron chi connectivity index (χ1n) is 11.3. The van der Waals surface area contributed by atoms with Crippen LogP contribution in [0.4, 0.5) is 17.1 Å². The van der Waals surface area contributed by atoms with E-state index in [2.05, 4.69) is 141 Å². The van der Waals surface area contributed by atoms with Gasteiger partial charge in [0.15, 0.2) is 0 Å². The van der Waals surface area contributed by atoms with E-state index >= 15 is 0 Å². The van der Waals surface area contributed by atoms with E-state index in [0.29, 0.717) is 0 Å². The summed E-state index contributed by atoms with van der Waals surface area (Å²) in [5, 5.41) is 2.49. The summed E-state index contributed by atoms with van der Waals surface area (Å²) in [6, 6.07) is 33.2. The Balaban J connectivity index is 0.00000274. The summed E-state index contributed by atoms with van der Waals surface area (Å²) in [6.45, 7) is 0. The molecule has 5 rings (SSSR count). The van der Waals surface area contributed by atoms with Gasteiger partial charge < -0.3 is 22.2 Å². The highest BCUT2D eigenvalue weighted by Crippen LogP contribution is 2.30. The number of para-hydroxylation sites is 1. The molecule has 0 saturated heterocycles. The number of anilines is 2. The maximum atomic E-state index is 2.35. The first kappa shape index (κ1) is 23.6. The zero-order valence-corrected chi connectivity index (χ0v) is 21.1. The predicted molar refractivity (Wildman–Crippen MR) is 141 cm³/mol. The van der Waals surface area contributed by atoms with E-state index in [0.717, 1.165) is 0 Å². The molecular formula is C30H30ClN3. The highest BCUT2D eigenvalue weighted by molar-refractivity contribution is 5.84. The van der Waals surface area contributed by atoms with Crippen LogP contribution in [-0.4, -0.2) is 35.2 Å². The van der Waals surface area contributed by atoms with Gasteiger partial charge in [-0.15, -0.1) is 0 Å². The molecule has 0 unspecified atom stereocenters. The van der Waals surface area contributed by atoms with Crippen LogP contribution >= 0.6 is 0 Å². The number of hydrogen-bond acceptors (Lipinski definition) is 2. The van der Waals surface area contributed by atoms with Crippen LogP contribution in [0.2, 0.25) is 0 Å². The maximum absolute atomic E-state index is 2.35. The quantitative estimate of drug-likeness (QED) is 0.421. The summed E-state index contributed by atoms with van der Waals surface area (Å²) >= 11 is 0. The van der Waals surface area contributed by atoms with Crippen molar-refractivity contribution in [3.63, 3.8) is 0 Å². The zero-order chi connectivity index (χ0) is 23.1. The van der Waals surface area contributed by atoms with Crippen LogP contribution in [0.1, 0.15) is 11.1 Å². The minimum atomic E-state index is 0. The largest absolute Gasteiger partial charge is 1.00 e. The Morgan fingerprint density at radius 1 is 0.618 bits per heavy atom. The molecule has 0 fully saturated rings. The Labute approximate surface area is 208 Å². The molecule has 1 heterocycles. The molecule has 4 heteroatoms. The number of fused-ring (bicyclic) bond motifs is 3. The number of rotatable bonds is 4. The Hall–Kier alpha value is -3.56. The van der Waals surface area contributed by atoms with E-state index in [1.54, 1.807) is 0 Å². The van der Waals surface area contributed by atoms with E-state index in [1.165, 1.54) is 55.5 Å². The Morgan fingerprint density at radius 3 is 1.68 bits per heavy atom. The second-order valence-electron chi connectivity index (χ2n) is 9.07. The molecule has 0 aliphatic carbocycles. The number of hydrogen-bond donors (Lipinski definition) is 0. The normalized spacial score (nSPS) is 11.4. The Bertz CT molecular complexity index is 1400. The second-order valence-corrected chi connectivity index (χ2v) is 9.07. The first-order valence-corrected chi connectivity index (χ1v) is 11.3. The fraction of sp³-hybridized carbons (Fsp3) is 0.167. The van der Waals surface area contributed by atoms with Crippen molar-refractivity contribution >= 4 is 22.6 Å². The molecule has 0 bridgehead atoms. The van der Waals surface area contributed by atoms with Crippen LogP contribution in [0, 0.1) is 0 Å². The zero-order valence-electron chi connectivity index (χ0n) is 20.4. The standard InChI is InChI=1S/C30H30N3.ClH/c1-31(2)24-15-10-21(11-16-24)30(22-12-17-25(18-13-22)32(3)4)23-14-19-29-27(20-23)26-8-6-7-9-28(26)33(29)5;/h6-20H,1-5H3;1H/q+1;/p-1.